The minimum Gasteiger partial charge on any atom is -0.497 e. The quantitative estimate of drug-likeness (QED) is 0.299. The molecule has 0 spiro atoms. The number of para-hydroxylation sites is 2. The lowest BCUT2D eigenvalue weighted by Crippen LogP contribution is -2.31. The van der Waals surface area contributed by atoms with E-state index in [0.717, 1.165) is 5.56 Å². The van der Waals surface area contributed by atoms with Crippen LogP contribution in [0.2, 0.25) is 0 Å². The van der Waals surface area contributed by atoms with Gasteiger partial charge in [-0.05, 0) is 49.4 Å². The minimum absolute atomic E-state index is 0.116. The molecule has 180 valence electrons. The maximum atomic E-state index is 13.5. The molecule has 0 saturated heterocycles. The minimum atomic E-state index is -0.883. The number of rotatable bonds is 6. The summed E-state index contributed by atoms with van der Waals surface area (Å²) in [5.74, 6) is 1.07. The molecular formula is C26H22N6O4. The molecule has 0 saturated carbocycles. The number of ether oxygens (including phenoxy) is 1. The van der Waals surface area contributed by atoms with E-state index in [9.17, 15) is 14.9 Å². The van der Waals surface area contributed by atoms with Gasteiger partial charge in [0.05, 0.1) is 23.2 Å². The van der Waals surface area contributed by atoms with Gasteiger partial charge < -0.3 is 15.4 Å². The summed E-state index contributed by atoms with van der Waals surface area (Å²) in [6.45, 7) is 1.74. The second-order valence-corrected chi connectivity index (χ2v) is 8.13. The van der Waals surface area contributed by atoms with Crippen molar-refractivity contribution >= 4 is 23.2 Å². The monoisotopic (exact) mass is 482 g/mol. The molecular weight excluding hydrogens is 460 g/mol. The fraction of sp³-hybridized carbons (Fsp3) is 0.115. The van der Waals surface area contributed by atoms with Gasteiger partial charge in [0.25, 0.3) is 11.6 Å². The molecule has 2 heterocycles. The van der Waals surface area contributed by atoms with Crippen LogP contribution in [-0.4, -0.2) is 32.7 Å². The predicted octanol–water partition coefficient (Wildman–Crippen LogP) is 4.79. The van der Waals surface area contributed by atoms with Crippen LogP contribution in [0, 0.1) is 10.1 Å². The van der Waals surface area contributed by atoms with Crippen molar-refractivity contribution in [2.45, 2.75) is 13.0 Å². The van der Waals surface area contributed by atoms with Crippen molar-refractivity contribution in [1.82, 2.24) is 14.8 Å². The molecule has 0 bridgehead atoms. The highest BCUT2D eigenvalue weighted by Crippen LogP contribution is 2.40. The number of hydrogen-bond acceptors (Lipinski definition) is 7. The summed E-state index contributed by atoms with van der Waals surface area (Å²) in [6, 6.07) is 21.7. The van der Waals surface area contributed by atoms with Gasteiger partial charge in [-0.3, -0.25) is 14.9 Å². The number of nitro groups is 1. The third kappa shape index (κ3) is 4.16. The lowest BCUT2D eigenvalue weighted by Gasteiger charge is -2.28. The van der Waals surface area contributed by atoms with Gasteiger partial charge in [0.1, 0.15) is 11.8 Å². The second kappa shape index (κ2) is 9.34. The Morgan fingerprint density at radius 1 is 1.06 bits per heavy atom. The third-order valence-corrected chi connectivity index (χ3v) is 5.91. The number of carbonyl (C=O) groups excluding carboxylic acids is 1. The predicted molar refractivity (Wildman–Crippen MR) is 135 cm³/mol. The van der Waals surface area contributed by atoms with Crippen molar-refractivity contribution in [1.29, 1.82) is 0 Å². The number of hydrogen-bond donors (Lipinski definition) is 2. The Hall–Kier alpha value is -4.99. The number of nitro benzene ring substituents is 1. The number of nitrogens with one attached hydrogen (secondary N) is 2. The maximum Gasteiger partial charge on any atom is 0.275 e. The van der Waals surface area contributed by atoms with Crippen molar-refractivity contribution in [2.75, 3.05) is 17.7 Å². The van der Waals surface area contributed by atoms with Crippen molar-refractivity contribution in [3.8, 4) is 17.1 Å². The van der Waals surface area contributed by atoms with E-state index in [1.54, 1.807) is 56.5 Å². The van der Waals surface area contributed by atoms with Crippen LogP contribution in [-0.2, 0) is 4.79 Å². The average molecular weight is 483 g/mol. The molecule has 1 aliphatic heterocycles. The number of methoxy groups -OCH3 is 1. The summed E-state index contributed by atoms with van der Waals surface area (Å²) in [5, 5.41) is 22.6. The summed E-state index contributed by atoms with van der Waals surface area (Å²) in [4.78, 5) is 29.6. The lowest BCUT2D eigenvalue weighted by atomic mass is 9.93. The summed E-state index contributed by atoms with van der Waals surface area (Å²) in [5.41, 5.74) is 2.37. The van der Waals surface area contributed by atoms with Gasteiger partial charge in [0, 0.05) is 23.0 Å². The molecule has 1 aromatic heterocycles. The van der Waals surface area contributed by atoms with E-state index in [-0.39, 0.29) is 5.69 Å². The number of amides is 1. The van der Waals surface area contributed by atoms with Gasteiger partial charge in [-0.1, -0.05) is 30.3 Å². The molecule has 0 aliphatic carbocycles. The highest BCUT2D eigenvalue weighted by Gasteiger charge is 2.37. The van der Waals surface area contributed by atoms with E-state index >= 15 is 0 Å². The van der Waals surface area contributed by atoms with Crippen LogP contribution in [0.15, 0.2) is 90.1 Å². The summed E-state index contributed by atoms with van der Waals surface area (Å²) in [6.07, 6.45) is 0. The molecule has 2 N–H and O–H groups in total. The van der Waals surface area contributed by atoms with Crippen molar-refractivity contribution in [2.24, 2.45) is 0 Å². The summed E-state index contributed by atoms with van der Waals surface area (Å²) >= 11 is 0. The first kappa shape index (κ1) is 22.8. The maximum absolute atomic E-state index is 13.5. The molecule has 10 nitrogen and oxygen atoms in total. The van der Waals surface area contributed by atoms with Gasteiger partial charge in [-0.2, -0.15) is 4.98 Å². The van der Waals surface area contributed by atoms with Gasteiger partial charge >= 0.3 is 0 Å². The first-order valence-electron chi connectivity index (χ1n) is 11.1. The van der Waals surface area contributed by atoms with Crippen LogP contribution >= 0.6 is 0 Å². The molecule has 0 fully saturated rings. The smallest absolute Gasteiger partial charge is 0.275 e. The number of anilines is 2. The number of benzene rings is 3. The van der Waals surface area contributed by atoms with E-state index in [2.05, 4.69) is 20.7 Å². The zero-order chi connectivity index (χ0) is 25.2. The van der Waals surface area contributed by atoms with Gasteiger partial charge in [0.2, 0.25) is 5.95 Å². The third-order valence-electron chi connectivity index (χ3n) is 5.91. The van der Waals surface area contributed by atoms with Gasteiger partial charge in [0.15, 0.2) is 5.82 Å². The summed E-state index contributed by atoms with van der Waals surface area (Å²) in [7, 11) is 1.58. The standard InChI is InChI=1S/C26H22N6O4/c1-16-22(25(33)28-18-8-4-3-5-9-18)23(20-10-6-7-11-21(20)32(34)35)31-26(27-16)29-24(30-31)17-12-14-19(36-2)15-13-17/h3-15,23H,1-2H3,(H,28,33)(H,27,29,30). The average Bonchev–Trinajstić information content (AvgIpc) is 3.32. The van der Waals surface area contributed by atoms with Crippen LogP contribution in [0.1, 0.15) is 18.5 Å². The zero-order valence-corrected chi connectivity index (χ0v) is 19.5. The largest absolute Gasteiger partial charge is 0.497 e. The van der Waals surface area contributed by atoms with Crippen LogP contribution in [0.5, 0.6) is 5.75 Å². The van der Waals surface area contributed by atoms with E-state index in [0.29, 0.717) is 40.0 Å². The normalized spacial score (nSPS) is 14.6. The fourth-order valence-corrected chi connectivity index (χ4v) is 4.20. The topological polar surface area (TPSA) is 124 Å². The Labute approximate surface area is 206 Å². The highest BCUT2D eigenvalue weighted by atomic mass is 16.6. The second-order valence-electron chi connectivity index (χ2n) is 8.13. The van der Waals surface area contributed by atoms with Gasteiger partial charge in [-0.25, -0.2) is 4.68 Å². The fourth-order valence-electron chi connectivity index (χ4n) is 4.20. The molecule has 10 heteroatoms. The number of aromatic nitrogens is 3. The molecule has 5 rings (SSSR count). The molecule has 3 aromatic carbocycles. The van der Waals surface area contributed by atoms with Crippen molar-refractivity contribution < 1.29 is 14.5 Å². The lowest BCUT2D eigenvalue weighted by molar-refractivity contribution is -0.385. The van der Waals surface area contributed by atoms with Crippen molar-refractivity contribution in [3.05, 3.63) is 106 Å². The first-order chi connectivity index (χ1) is 17.5. The van der Waals surface area contributed by atoms with Crippen LogP contribution in [0.4, 0.5) is 17.3 Å². The molecule has 1 unspecified atom stereocenters. The number of carbonyl (C=O) groups is 1. The van der Waals surface area contributed by atoms with Crippen molar-refractivity contribution in [3.63, 3.8) is 0 Å². The number of allylic oxidation sites excluding steroid dienone is 1. The van der Waals surface area contributed by atoms with E-state index in [1.165, 1.54) is 10.7 Å². The highest BCUT2D eigenvalue weighted by molar-refractivity contribution is 6.06. The molecule has 4 aromatic rings. The molecule has 0 radical (unpaired) electrons. The molecule has 1 amide bonds. The zero-order valence-electron chi connectivity index (χ0n) is 19.5. The van der Waals surface area contributed by atoms with Crippen LogP contribution < -0.4 is 15.4 Å². The molecule has 1 aliphatic rings. The molecule has 36 heavy (non-hydrogen) atoms. The van der Waals surface area contributed by atoms with Crippen LogP contribution in [0.3, 0.4) is 0 Å². The Kier molecular flexibility index (Phi) is 5.91. The number of fused-ring (bicyclic) bond motifs is 1. The van der Waals surface area contributed by atoms with Gasteiger partial charge in [-0.15, -0.1) is 5.10 Å². The van der Waals surface area contributed by atoms with E-state index in [1.807, 2.05) is 30.3 Å². The van der Waals surface area contributed by atoms with E-state index < -0.39 is 16.9 Å². The SMILES string of the molecule is COc1ccc(-c2nc3n(n2)C(c2ccccc2[N+](=O)[O-])C(C(=O)Nc2ccccc2)=C(C)N3)cc1. The Bertz CT molecular complexity index is 1480. The van der Waals surface area contributed by atoms with Crippen LogP contribution in [0.25, 0.3) is 11.4 Å². The Morgan fingerprint density at radius 2 is 1.75 bits per heavy atom. The van der Waals surface area contributed by atoms with E-state index in [4.69, 9.17) is 4.74 Å². The Morgan fingerprint density at radius 3 is 2.44 bits per heavy atom. The summed E-state index contributed by atoms with van der Waals surface area (Å²) < 4.78 is 6.75. The number of nitrogens with zero attached hydrogens (tertiary/aromatic N) is 4. The Balaban J connectivity index is 1.64. The molecule has 1 atom stereocenters. The first-order valence-corrected chi connectivity index (χ1v) is 11.1.